The van der Waals surface area contributed by atoms with Crippen LogP contribution in [0.3, 0.4) is 0 Å². The molecule has 0 spiro atoms. The lowest BCUT2D eigenvalue weighted by atomic mass is 9.92. The van der Waals surface area contributed by atoms with Crippen molar-refractivity contribution in [1.82, 2.24) is 10.5 Å². The van der Waals surface area contributed by atoms with Crippen LogP contribution < -0.4 is 5.32 Å². The Morgan fingerprint density at radius 3 is 3.00 bits per heavy atom. The molecule has 98 valence electrons. The predicted octanol–water partition coefficient (Wildman–Crippen LogP) is 0.941. The maximum Gasteiger partial charge on any atom is 0.220 e. The molecule has 1 aromatic rings. The van der Waals surface area contributed by atoms with E-state index in [-0.39, 0.29) is 18.6 Å². The first kappa shape index (κ1) is 11.7. The quantitative estimate of drug-likeness (QED) is 0.834. The molecule has 0 saturated heterocycles. The Morgan fingerprint density at radius 1 is 1.44 bits per heavy atom. The molecule has 0 aromatic carbocycles. The summed E-state index contributed by atoms with van der Waals surface area (Å²) in [6, 6.07) is 0.161. The summed E-state index contributed by atoms with van der Waals surface area (Å²) in [5.41, 5.74) is 1.60. The molecule has 18 heavy (non-hydrogen) atoms. The zero-order chi connectivity index (χ0) is 12.5. The first-order valence-electron chi connectivity index (χ1n) is 6.62. The standard InChI is InChI=1S/C13H18N2O3/c16-7-11-10-6-9(3-4-12(10)18-15-11)14-13(17)5-8-1-2-8/h8-9,16H,1-7H2,(H,14,17). The van der Waals surface area contributed by atoms with Gasteiger partial charge < -0.3 is 14.9 Å². The van der Waals surface area contributed by atoms with Gasteiger partial charge in [0, 0.05) is 24.4 Å². The third-order valence-electron chi connectivity index (χ3n) is 3.81. The van der Waals surface area contributed by atoms with Gasteiger partial charge >= 0.3 is 0 Å². The minimum atomic E-state index is -0.0957. The zero-order valence-corrected chi connectivity index (χ0v) is 10.3. The average molecular weight is 250 g/mol. The van der Waals surface area contributed by atoms with Crippen molar-refractivity contribution >= 4 is 5.91 Å². The molecule has 5 nitrogen and oxygen atoms in total. The maximum absolute atomic E-state index is 11.8. The van der Waals surface area contributed by atoms with E-state index >= 15 is 0 Å². The molecular formula is C13H18N2O3. The Labute approximate surface area is 106 Å². The number of aliphatic hydroxyl groups is 1. The van der Waals surface area contributed by atoms with Gasteiger partial charge in [-0.25, -0.2) is 0 Å². The number of nitrogens with zero attached hydrogens (tertiary/aromatic N) is 1. The summed E-state index contributed by atoms with van der Waals surface area (Å²) >= 11 is 0. The smallest absolute Gasteiger partial charge is 0.220 e. The summed E-state index contributed by atoms with van der Waals surface area (Å²) in [6.07, 6.45) is 5.47. The molecule has 1 fully saturated rings. The van der Waals surface area contributed by atoms with Gasteiger partial charge in [-0.15, -0.1) is 0 Å². The summed E-state index contributed by atoms with van der Waals surface area (Å²) in [5.74, 6) is 1.65. The van der Waals surface area contributed by atoms with Gasteiger partial charge in [0.25, 0.3) is 0 Å². The van der Waals surface area contributed by atoms with E-state index < -0.39 is 0 Å². The monoisotopic (exact) mass is 250 g/mol. The molecule has 2 aliphatic rings. The number of hydrogen-bond acceptors (Lipinski definition) is 4. The van der Waals surface area contributed by atoms with E-state index in [1.54, 1.807) is 0 Å². The number of hydrogen-bond donors (Lipinski definition) is 2. The normalized spacial score (nSPS) is 22.6. The molecule has 1 saturated carbocycles. The van der Waals surface area contributed by atoms with E-state index in [2.05, 4.69) is 10.5 Å². The maximum atomic E-state index is 11.8. The van der Waals surface area contributed by atoms with Gasteiger partial charge in [0.1, 0.15) is 11.5 Å². The Morgan fingerprint density at radius 2 is 2.28 bits per heavy atom. The summed E-state index contributed by atoms with van der Waals surface area (Å²) in [4.78, 5) is 11.8. The molecule has 1 atom stereocenters. The second-order valence-corrected chi connectivity index (χ2v) is 5.34. The molecule has 0 bridgehead atoms. The largest absolute Gasteiger partial charge is 0.390 e. The van der Waals surface area contributed by atoms with E-state index in [0.717, 1.165) is 30.6 Å². The summed E-state index contributed by atoms with van der Waals surface area (Å²) in [5, 5.41) is 16.1. The van der Waals surface area contributed by atoms with Crippen molar-refractivity contribution in [2.24, 2.45) is 5.92 Å². The fourth-order valence-corrected chi connectivity index (χ4v) is 2.58. The lowest BCUT2D eigenvalue weighted by molar-refractivity contribution is -0.122. The fraction of sp³-hybridized carbons (Fsp3) is 0.692. The summed E-state index contributed by atoms with van der Waals surface area (Å²) < 4.78 is 5.18. The minimum Gasteiger partial charge on any atom is -0.390 e. The van der Waals surface area contributed by atoms with E-state index in [1.807, 2.05) is 0 Å². The van der Waals surface area contributed by atoms with Crippen molar-refractivity contribution in [2.75, 3.05) is 0 Å². The van der Waals surface area contributed by atoms with Gasteiger partial charge in [0.2, 0.25) is 5.91 Å². The molecule has 0 aliphatic heterocycles. The Kier molecular flexibility index (Phi) is 3.07. The van der Waals surface area contributed by atoms with Crippen LogP contribution in [0.4, 0.5) is 0 Å². The van der Waals surface area contributed by atoms with Crippen LogP contribution >= 0.6 is 0 Å². The summed E-state index contributed by atoms with van der Waals surface area (Å²) in [7, 11) is 0. The number of aromatic nitrogens is 1. The summed E-state index contributed by atoms with van der Waals surface area (Å²) in [6.45, 7) is -0.0957. The van der Waals surface area contributed by atoms with Crippen molar-refractivity contribution in [3.63, 3.8) is 0 Å². The number of fused-ring (bicyclic) bond motifs is 1. The van der Waals surface area contributed by atoms with Crippen LogP contribution in [0.5, 0.6) is 0 Å². The third kappa shape index (κ3) is 2.41. The van der Waals surface area contributed by atoms with Crippen molar-refractivity contribution in [3.8, 4) is 0 Å². The number of rotatable bonds is 4. The van der Waals surface area contributed by atoms with Crippen molar-refractivity contribution in [3.05, 3.63) is 17.0 Å². The number of aliphatic hydroxyl groups excluding tert-OH is 1. The first-order valence-corrected chi connectivity index (χ1v) is 6.62. The highest BCUT2D eigenvalue weighted by molar-refractivity contribution is 5.76. The van der Waals surface area contributed by atoms with Crippen LogP contribution in [0.1, 0.15) is 42.7 Å². The van der Waals surface area contributed by atoms with Gasteiger partial charge in [0.15, 0.2) is 0 Å². The van der Waals surface area contributed by atoms with Crippen molar-refractivity contribution in [2.45, 2.75) is 51.2 Å². The molecule has 3 rings (SSSR count). The minimum absolute atomic E-state index is 0.0957. The molecule has 2 N–H and O–H groups in total. The van der Waals surface area contributed by atoms with Gasteiger partial charge in [-0.05, 0) is 31.6 Å². The number of amides is 1. The number of carbonyl (C=O) groups excluding carboxylic acids is 1. The molecule has 1 amide bonds. The lowest BCUT2D eigenvalue weighted by Crippen LogP contribution is -2.38. The Hall–Kier alpha value is -1.36. The zero-order valence-electron chi connectivity index (χ0n) is 10.3. The van der Waals surface area contributed by atoms with E-state index in [0.29, 0.717) is 18.0 Å². The van der Waals surface area contributed by atoms with Crippen molar-refractivity contribution < 1.29 is 14.4 Å². The average Bonchev–Trinajstić information content (AvgIpc) is 3.07. The number of aryl methyl sites for hydroxylation is 1. The molecule has 2 aliphatic carbocycles. The third-order valence-corrected chi connectivity index (χ3v) is 3.81. The highest BCUT2D eigenvalue weighted by atomic mass is 16.5. The second-order valence-electron chi connectivity index (χ2n) is 5.34. The predicted molar refractivity (Wildman–Crippen MR) is 63.7 cm³/mol. The van der Waals surface area contributed by atoms with E-state index in [1.165, 1.54) is 12.8 Å². The number of carbonyl (C=O) groups is 1. The molecule has 1 unspecified atom stereocenters. The SMILES string of the molecule is O=C(CC1CC1)NC1CCc2onc(CO)c2C1. The van der Waals surface area contributed by atoms with Crippen molar-refractivity contribution in [1.29, 1.82) is 0 Å². The van der Waals surface area contributed by atoms with Gasteiger partial charge in [0.05, 0.1) is 6.61 Å². The first-order chi connectivity index (χ1) is 8.76. The van der Waals surface area contributed by atoms with Gasteiger partial charge in [-0.1, -0.05) is 5.16 Å². The van der Waals surface area contributed by atoms with Crippen LogP contribution in [0.2, 0.25) is 0 Å². The highest BCUT2D eigenvalue weighted by Crippen LogP contribution is 2.32. The molecule has 5 heteroatoms. The Balaban J connectivity index is 1.60. The molecule has 1 heterocycles. The lowest BCUT2D eigenvalue weighted by Gasteiger charge is -2.22. The topological polar surface area (TPSA) is 75.4 Å². The fourth-order valence-electron chi connectivity index (χ4n) is 2.58. The van der Waals surface area contributed by atoms with Crippen LogP contribution in [-0.4, -0.2) is 22.2 Å². The van der Waals surface area contributed by atoms with Crippen LogP contribution in [0, 0.1) is 5.92 Å². The van der Waals surface area contributed by atoms with Crippen LogP contribution in [-0.2, 0) is 24.2 Å². The molecule has 1 aromatic heterocycles. The van der Waals surface area contributed by atoms with E-state index in [9.17, 15) is 4.79 Å². The van der Waals surface area contributed by atoms with Gasteiger partial charge in [-0.3, -0.25) is 4.79 Å². The van der Waals surface area contributed by atoms with Gasteiger partial charge in [-0.2, -0.15) is 0 Å². The molecule has 0 radical (unpaired) electrons. The second kappa shape index (κ2) is 4.72. The van der Waals surface area contributed by atoms with Crippen LogP contribution in [0.15, 0.2) is 4.52 Å². The van der Waals surface area contributed by atoms with E-state index in [4.69, 9.17) is 9.63 Å². The Bertz CT molecular complexity index is 438. The molecular weight excluding hydrogens is 232 g/mol. The number of nitrogens with one attached hydrogen (secondary N) is 1. The highest BCUT2D eigenvalue weighted by Gasteiger charge is 2.28. The van der Waals surface area contributed by atoms with Crippen LogP contribution in [0.25, 0.3) is 0 Å².